The van der Waals surface area contributed by atoms with E-state index in [1.54, 1.807) is 13.8 Å². The quantitative estimate of drug-likeness (QED) is 0.483. The molecule has 0 unspecified atom stereocenters. The number of hydrogen-bond acceptors (Lipinski definition) is 5. The second-order valence-electron chi connectivity index (χ2n) is 3.55. The molecule has 0 aliphatic rings. The minimum atomic E-state index is -3.88. The van der Waals surface area contributed by atoms with Gasteiger partial charge in [0, 0.05) is 10.6 Å². The van der Waals surface area contributed by atoms with Crippen LogP contribution < -0.4 is 5.73 Å². The van der Waals surface area contributed by atoms with E-state index in [-0.39, 0.29) is 4.90 Å². The highest BCUT2D eigenvalue weighted by Crippen LogP contribution is 2.22. The van der Waals surface area contributed by atoms with Gasteiger partial charge in [-0.3, -0.25) is 10.1 Å². The van der Waals surface area contributed by atoms with Crippen LogP contribution >= 0.6 is 0 Å². The highest BCUT2D eigenvalue weighted by molar-refractivity contribution is 7.91. The maximum absolute atomic E-state index is 11.6. The first-order chi connectivity index (χ1) is 7.24. The Morgan fingerprint density at radius 3 is 2.38 bits per heavy atom. The number of anilines is 1. The predicted octanol–water partition coefficient (Wildman–Crippen LogP) is 0.894. The van der Waals surface area contributed by atoms with Crippen LogP contribution in [0.5, 0.6) is 0 Å². The van der Waals surface area contributed by atoms with Gasteiger partial charge >= 0.3 is 5.88 Å². The van der Waals surface area contributed by atoms with Crippen LogP contribution in [0.1, 0.15) is 11.1 Å². The van der Waals surface area contributed by atoms with Crippen LogP contribution in [0.4, 0.5) is 5.69 Å². The van der Waals surface area contributed by atoms with Crippen molar-refractivity contribution in [3.63, 3.8) is 0 Å². The first-order valence-electron chi connectivity index (χ1n) is 4.45. The van der Waals surface area contributed by atoms with Crippen LogP contribution in [0.2, 0.25) is 0 Å². The minimum absolute atomic E-state index is 0.0316. The number of benzene rings is 1. The zero-order valence-corrected chi connectivity index (χ0v) is 9.74. The number of nitrogens with zero attached hydrogens (tertiary/aromatic N) is 1. The smallest absolute Gasteiger partial charge is 0.305 e. The molecular formula is C9H12N2O4S. The number of nitrogens with two attached hydrogens (primary N) is 1. The molecule has 0 amide bonds. The van der Waals surface area contributed by atoms with Crippen LogP contribution in [-0.2, 0) is 9.84 Å². The lowest BCUT2D eigenvalue weighted by Gasteiger charge is -2.08. The van der Waals surface area contributed by atoms with E-state index >= 15 is 0 Å². The molecule has 0 atom stereocenters. The van der Waals surface area contributed by atoms with E-state index in [9.17, 15) is 18.5 Å². The lowest BCUT2D eigenvalue weighted by Crippen LogP contribution is -2.16. The summed E-state index contributed by atoms with van der Waals surface area (Å²) in [7, 11) is -3.88. The summed E-state index contributed by atoms with van der Waals surface area (Å²) in [5.41, 5.74) is 7.09. The first-order valence-corrected chi connectivity index (χ1v) is 6.10. The normalized spacial score (nSPS) is 11.4. The van der Waals surface area contributed by atoms with Crippen molar-refractivity contribution < 1.29 is 13.3 Å². The van der Waals surface area contributed by atoms with E-state index in [1.807, 2.05) is 0 Å². The highest BCUT2D eigenvalue weighted by atomic mass is 32.2. The van der Waals surface area contributed by atoms with Crippen molar-refractivity contribution in [2.75, 3.05) is 11.6 Å². The first kappa shape index (κ1) is 12.4. The third kappa shape index (κ3) is 2.48. The van der Waals surface area contributed by atoms with Crippen molar-refractivity contribution in [1.82, 2.24) is 0 Å². The van der Waals surface area contributed by atoms with Gasteiger partial charge in [0.15, 0.2) is 0 Å². The summed E-state index contributed by atoms with van der Waals surface area (Å²) in [5.74, 6) is -1.10. The molecule has 7 heteroatoms. The third-order valence-electron chi connectivity index (χ3n) is 2.17. The molecular weight excluding hydrogens is 232 g/mol. The van der Waals surface area contributed by atoms with Crippen molar-refractivity contribution in [3.05, 3.63) is 33.4 Å². The molecule has 0 bridgehead atoms. The molecule has 6 nitrogen and oxygen atoms in total. The molecule has 0 fully saturated rings. The number of aryl methyl sites for hydroxylation is 2. The molecule has 88 valence electrons. The van der Waals surface area contributed by atoms with Gasteiger partial charge in [-0.15, -0.1) is 0 Å². The van der Waals surface area contributed by atoms with Gasteiger partial charge in [-0.2, -0.15) is 0 Å². The monoisotopic (exact) mass is 244 g/mol. The highest BCUT2D eigenvalue weighted by Gasteiger charge is 2.23. The van der Waals surface area contributed by atoms with Gasteiger partial charge in [0.2, 0.25) is 9.84 Å². The van der Waals surface area contributed by atoms with E-state index < -0.39 is 20.6 Å². The summed E-state index contributed by atoms with van der Waals surface area (Å²) in [6, 6.07) is 2.87. The summed E-state index contributed by atoms with van der Waals surface area (Å²) in [4.78, 5) is 9.36. The fourth-order valence-electron chi connectivity index (χ4n) is 1.36. The molecule has 16 heavy (non-hydrogen) atoms. The maximum Gasteiger partial charge on any atom is 0.305 e. The second kappa shape index (κ2) is 4.09. The fourth-order valence-corrected chi connectivity index (χ4v) is 2.68. The Balaban J connectivity index is 3.34. The summed E-state index contributed by atoms with van der Waals surface area (Å²) in [6.45, 7) is 3.21. The van der Waals surface area contributed by atoms with Crippen LogP contribution in [0.15, 0.2) is 17.0 Å². The van der Waals surface area contributed by atoms with Crippen LogP contribution in [0.25, 0.3) is 0 Å². The molecule has 0 spiro atoms. The third-order valence-corrected chi connectivity index (χ3v) is 3.83. The average molecular weight is 244 g/mol. The van der Waals surface area contributed by atoms with Crippen molar-refractivity contribution in [3.8, 4) is 0 Å². The largest absolute Gasteiger partial charge is 0.399 e. The standard InChI is InChI=1S/C9H12N2O4S/c1-6-4-9(7(2)3-8(6)10)16(14,15)5-11(12)13/h3-4H,5,10H2,1-2H3. The SMILES string of the molecule is Cc1cc(S(=O)(=O)C[N+](=O)[O-])c(C)cc1N. The molecule has 0 saturated heterocycles. The van der Waals surface area contributed by atoms with E-state index in [1.165, 1.54) is 12.1 Å². The minimum Gasteiger partial charge on any atom is -0.399 e. The number of nitro groups is 1. The number of sulfone groups is 1. The molecule has 0 aromatic heterocycles. The van der Waals surface area contributed by atoms with Gasteiger partial charge < -0.3 is 5.73 Å². The molecule has 1 aromatic carbocycles. The number of nitrogen functional groups attached to an aromatic ring is 1. The molecule has 2 N–H and O–H groups in total. The zero-order valence-electron chi connectivity index (χ0n) is 8.93. The Kier molecular flexibility index (Phi) is 3.18. The van der Waals surface area contributed by atoms with Crippen molar-refractivity contribution in [2.24, 2.45) is 0 Å². The Morgan fingerprint density at radius 2 is 1.88 bits per heavy atom. The lowest BCUT2D eigenvalue weighted by molar-refractivity contribution is -0.458. The van der Waals surface area contributed by atoms with Gasteiger partial charge in [-0.05, 0) is 37.1 Å². The van der Waals surface area contributed by atoms with Crippen molar-refractivity contribution >= 4 is 15.5 Å². The summed E-state index contributed by atoms with van der Waals surface area (Å²) >= 11 is 0. The number of hydrogen-bond donors (Lipinski definition) is 1. The average Bonchev–Trinajstić information content (AvgIpc) is 2.08. The number of rotatable bonds is 3. The molecule has 0 aliphatic heterocycles. The molecule has 0 radical (unpaired) electrons. The topological polar surface area (TPSA) is 103 Å². The molecule has 0 saturated carbocycles. The van der Waals surface area contributed by atoms with Gasteiger partial charge in [0.25, 0.3) is 0 Å². The predicted molar refractivity (Wildman–Crippen MR) is 59.4 cm³/mol. The van der Waals surface area contributed by atoms with E-state index in [4.69, 9.17) is 5.73 Å². The summed E-state index contributed by atoms with van der Waals surface area (Å²) < 4.78 is 23.3. The van der Waals surface area contributed by atoms with Crippen LogP contribution in [0, 0.1) is 24.0 Å². The van der Waals surface area contributed by atoms with Crippen molar-refractivity contribution in [1.29, 1.82) is 0 Å². The lowest BCUT2D eigenvalue weighted by atomic mass is 10.1. The Hall–Kier alpha value is -1.63. The second-order valence-corrected chi connectivity index (χ2v) is 5.48. The van der Waals surface area contributed by atoms with Gasteiger partial charge in [0.05, 0.1) is 4.90 Å². The zero-order chi connectivity index (χ0) is 12.5. The van der Waals surface area contributed by atoms with Crippen molar-refractivity contribution in [2.45, 2.75) is 18.7 Å². The Labute approximate surface area is 93.1 Å². The van der Waals surface area contributed by atoms with E-state index in [0.717, 1.165) is 0 Å². The van der Waals surface area contributed by atoms with E-state index in [2.05, 4.69) is 0 Å². The molecule has 1 aromatic rings. The Morgan fingerprint density at radius 1 is 1.31 bits per heavy atom. The maximum atomic E-state index is 11.6. The van der Waals surface area contributed by atoms with Crippen LogP contribution in [-0.4, -0.2) is 19.2 Å². The fraction of sp³-hybridized carbons (Fsp3) is 0.333. The molecule has 1 rings (SSSR count). The summed E-state index contributed by atoms with van der Waals surface area (Å²) in [5, 5.41) is 10.3. The van der Waals surface area contributed by atoms with Gasteiger partial charge in [0.1, 0.15) is 0 Å². The molecule has 0 aliphatic carbocycles. The van der Waals surface area contributed by atoms with E-state index in [0.29, 0.717) is 16.8 Å². The van der Waals surface area contributed by atoms with Gasteiger partial charge in [-0.1, -0.05) is 0 Å². The Bertz CT molecular complexity index is 537. The van der Waals surface area contributed by atoms with Gasteiger partial charge in [-0.25, -0.2) is 8.42 Å². The molecule has 0 heterocycles. The summed E-state index contributed by atoms with van der Waals surface area (Å²) in [6.07, 6.45) is 0. The van der Waals surface area contributed by atoms with Crippen LogP contribution in [0.3, 0.4) is 0 Å².